The maximum absolute atomic E-state index is 12.5. The van der Waals surface area contributed by atoms with Crippen LogP contribution < -0.4 is 10.6 Å². The molecule has 130 valence electrons. The fourth-order valence-electron chi connectivity index (χ4n) is 2.73. The van der Waals surface area contributed by atoms with Gasteiger partial charge in [-0.2, -0.15) is 0 Å². The molecule has 1 aromatic carbocycles. The number of esters is 1. The summed E-state index contributed by atoms with van der Waals surface area (Å²) in [5.41, 5.74) is 1.19. The molecule has 0 aromatic heterocycles. The SMILES string of the molecule is C=C1NC(=O)N[C@@H](c2cccc(Br)c2)[C@@H]1C(=O)OCCCCCC. The number of nitrogens with one attached hydrogen (secondary N) is 2. The Labute approximate surface area is 151 Å². The molecule has 1 saturated heterocycles. The summed E-state index contributed by atoms with van der Waals surface area (Å²) in [5.74, 6) is -1.02. The van der Waals surface area contributed by atoms with Gasteiger partial charge in [0, 0.05) is 10.2 Å². The number of hydrogen-bond donors (Lipinski definition) is 2. The highest BCUT2D eigenvalue weighted by atomic mass is 79.9. The first-order chi connectivity index (χ1) is 11.5. The lowest BCUT2D eigenvalue weighted by Crippen LogP contribution is -2.51. The summed E-state index contributed by atoms with van der Waals surface area (Å²) >= 11 is 3.42. The molecule has 2 N–H and O–H groups in total. The molecule has 1 aliphatic rings. The topological polar surface area (TPSA) is 67.4 Å². The van der Waals surface area contributed by atoms with Gasteiger partial charge in [0.25, 0.3) is 0 Å². The molecule has 1 aliphatic heterocycles. The maximum Gasteiger partial charge on any atom is 0.319 e. The first-order valence-corrected chi connectivity index (χ1v) is 9.00. The van der Waals surface area contributed by atoms with Crippen LogP contribution in [0.15, 0.2) is 41.0 Å². The quantitative estimate of drug-likeness (QED) is 0.541. The number of rotatable bonds is 7. The first-order valence-electron chi connectivity index (χ1n) is 8.21. The van der Waals surface area contributed by atoms with Crippen molar-refractivity contribution in [3.63, 3.8) is 0 Å². The molecule has 1 heterocycles. The first kappa shape index (κ1) is 18.5. The zero-order valence-corrected chi connectivity index (χ0v) is 15.4. The van der Waals surface area contributed by atoms with Crippen molar-refractivity contribution in [2.75, 3.05) is 6.61 Å². The number of ether oxygens (including phenoxy) is 1. The summed E-state index contributed by atoms with van der Waals surface area (Å²) in [4.78, 5) is 24.3. The fourth-order valence-corrected chi connectivity index (χ4v) is 3.15. The van der Waals surface area contributed by atoms with Crippen molar-refractivity contribution in [2.24, 2.45) is 5.92 Å². The van der Waals surface area contributed by atoms with Crippen LogP contribution in [0.3, 0.4) is 0 Å². The molecular weight excluding hydrogens is 372 g/mol. The average molecular weight is 395 g/mol. The van der Waals surface area contributed by atoms with Crippen molar-refractivity contribution in [1.82, 2.24) is 10.6 Å². The van der Waals surface area contributed by atoms with Crippen LogP contribution in [0.5, 0.6) is 0 Å². The van der Waals surface area contributed by atoms with E-state index in [9.17, 15) is 9.59 Å². The van der Waals surface area contributed by atoms with Gasteiger partial charge in [-0.25, -0.2) is 4.79 Å². The molecule has 1 aromatic rings. The van der Waals surface area contributed by atoms with E-state index in [0.29, 0.717) is 12.3 Å². The van der Waals surface area contributed by atoms with Crippen LogP contribution in [0.1, 0.15) is 44.2 Å². The Balaban J connectivity index is 2.09. The van der Waals surface area contributed by atoms with E-state index < -0.39 is 12.0 Å². The molecule has 2 atom stereocenters. The van der Waals surface area contributed by atoms with Gasteiger partial charge in [0.1, 0.15) is 5.92 Å². The number of benzene rings is 1. The molecule has 6 heteroatoms. The number of carbonyl (C=O) groups excluding carboxylic acids is 2. The maximum atomic E-state index is 12.5. The smallest absolute Gasteiger partial charge is 0.319 e. The summed E-state index contributed by atoms with van der Waals surface area (Å²) in [5, 5.41) is 5.38. The van der Waals surface area contributed by atoms with Gasteiger partial charge in [-0.05, 0) is 24.1 Å². The second kappa shape index (κ2) is 8.87. The van der Waals surface area contributed by atoms with Crippen molar-refractivity contribution >= 4 is 27.9 Å². The average Bonchev–Trinajstić information content (AvgIpc) is 2.53. The van der Waals surface area contributed by atoms with Crippen LogP contribution in [0.4, 0.5) is 4.79 Å². The number of carbonyl (C=O) groups is 2. The Hall–Kier alpha value is -1.82. The molecule has 0 spiro atoms. The summed E-state index contributed by atoms with van der Waals surface area (Å²) in [7, 11) is 0. The Morgan fingerprint density at radius 2 is 2.12 bits per heavy atom. The molecule has 0 aliphatic carbocycles. The van der Waals surface area contributed by atoms with Crippen LogP contribution >= 0.6 is 15.9 Å². The summed E-state index contributed by atoms with van der Waals surface area (Å²) in [6, 6.07) is 6.65. The van der Waals surface area contributed by atoms with E-state index in [1.807, 2.05) is 24.3 Å². The molecule has 0 unspecified atom stereocenters. The zero-order valence-electron chi connectivity index (χ0n) is 13.8. The molecule has 2 amide bonds. The Morgan fingerprint density at radius 3 is 2.83 bits per heavy atom. The second-order valence-electron chi connectivity index (χ2n) is 5.86. The van der Waals surface area contributed by atoms with E-state index >= 15 is 0 Å². The monoisotopic (exact) mass is 394 g/mol. The van der Waals surface area contributed by atoms with Gasteiger partial charge in [0.05, 0.1) is 12.6 Å². The predicted molar refractivity (Wildman–Crippen MR) is 96.3 cm³/mol. The summed E-state index contributed by atoms with van der Waals surface area (Å²) in [6.07, 6.45) is 4.15. The molecule has 0 radical (unpaired) electrons. The van der Waals surface area contributed by atoms with Gasteiger partial charge in [0.15, 0.2) is 0 Å². The van der Waals surface area contributed by atoms with E-state index in [4.69, 9.17) is 4.74 Å². The normalized spacial score (nSPS) is 20.2. The van der Waals surface area contributed by atoms with Crippen LogP contribution in [0.25, 0.3) is 0 Å². The van der Waals surface area contributed by atoms with E-state index in [1.165, 1.54) is 0 Å². The summed E-state index contributed by atoms with van der Waals surface area (Å²) in [6.45, 7) is 6.36. The van der Waals surface area contributed by atoms with Gasteiger partial charge >= 0.3 is 12.0 Å². The van der Waals surface area contributed by atoms with Crippen molar-refractivity contribution in [1.29, 1.82) is 0 Å². The minimum absolute atomic E-state index is 0.363. The molecule has 2 rings (SSSR count). The molecule has 0 saturated carbocycles. The van der Waals surface area contributed by atoms with Gasteiger partial charge in [-0.15, -0.1) is 0 Å². The van der Waals surface area contributed by atoms with Crippen LogP contribution in [0, 0.1) is 5.92 Å². The van der Waals surface area contributed by atoms with E-state index in [1.54, 1.807) is 0 Å². The second-order valence-corrected chi connectivity index (χ2v) is 6.78. The Bertz CT molecular complexity index is 618. The predicted octanol–water partition coefficient (Wildman–Crippen LogP) is 4.06. The molecule has 5 nitrogen and oxygen atoms in total. The minimum Gasteiger partial charge on any atom is -0.465 e. The van der Waals surface area contributed by atoms with E-state index in [2.05, 4.69) is 40.1 Å². The largest absolute Gasteiger partial charge is 0.465 e. The number of halogens is 1. The van der Waals surface area contributed by atoms with Crippen molar-refractivity contribution in [2.45, 2.75) is 38.6 Å². The lowest BCUT2D eigenvalue weighted by Gasteiger charge is -2.33. The third kappa shape index (κ3) is 4.84. The van der Waals surface area contributed by atoms with Gasteiger partial charge in [-0.3, -0.25) is 4.79 Å². The van der Waals surface area contributed by atoms with Crippen molar-refractivity contribution in [3.8, 4) is 0 Å². The van der Waals surface area contributed by atoms with Crippen molar-refractivity contribution in [3.05, 3.63) is 46.6 Å². The van der Waals surface area contributed by atoms with Gasteiger partial charge < -0.3 is 15.4 Å². The molecule has 24 heavy (non-hydrogen) atoms. The number of unbranched alkanes of at least 4 members (excludes halogenated alkanes) is 3. The number of hydrogen-bond acceptors (Lipinski definition) is 3. The number of urea groups is 1. The third-order valence-corrected chi connectivity index (χ3v) is 4.47. The highest BCUT2D eigenvalue weighted by molar-refractivity contribution is 9.10. The van der Waals surface area contributed by atoms with Crippen LogP contribution in [-0.2, 0) is 9.53 Å². The Kier molecular flexibility index (Phi) is 6.85. The highest BCUT2D eigenvalue weighted by Crippen LogP contribution is 2.31. The highest BCUT2D eigenvalue weighted by Gasteiger charge is 2.38. The molecule has 0 bridgehead atoms. The van der Waals surface area contributed by atoms with Gasteiger partial charge in [0.2, 0.25) is 0 Å². The minimum atomic E-state index is -0.650. The lowest BCUT2D eigenvalue weighted by atomic mass is 9.89. The van der Waals surface area contributed by atoms with Crippen molar-refractivity contribution < 1.29 is 14.3 Å². The van der Waals surface area contributed by atoms with Crippen LogP contribution in [0.2, 0.25) is 0 Å². The molecular formula is C18H23BrN2O3. The number of amides is 2. The van der Waals surface area contributed by atoms with Gasteiger partial charge in [-0.1, -0.05) is 60.8 Å². The fraction of sp³-hybridized carbons (Fsp3) is 0.444. The standard InChI is InChI=1S/C18H23BrN2O3/c1-3-4-5-6-10-24-17(22)15-12(2)20-18(23)21-16(15)13-8-7-9-14(19)11-13/h7-9,11,15-16H,2-6,10H2,1H3,(H2,20,21,23)/t15-,16+/m1/s1. The molecule has 1 fully saturated rings. The summed E-state index contributed by atoms with van der Waals surface area (Å²) < 4.78 is 6.29. The van der Waals surface area contributed by atoms with E-state index in [0.717, 1.165) is 35.7 Å². The van der Waals surface area contributed by atoms with E-state index in [-0.39, 0.29) is 12.0 Å². The lowest BCUT2D eigenvalue weighted by molar-refractivity contribution is -0.148. The third-order valence-electron chi connectivity index (χ3n) is 3.97. The van der Waals surface area contributed by atoms with Crippen LogP contribution in [-0.4, -0.2) is 18.6 Å². The zero-order chi connectivity index (χ0) is 17.5. The Morgan fingerprint density at radius 1 is 1.33 bits per heavy atom.